The molecule has 4 heteroatoms. The Hall–Kier alpha value is -2.62. The number of aryl methyl sites for hydroxylation is 1. The molecule has 0 aromatic heterocycles. The fourth-order valence-electron chi connectivity index (χ4n) is 1.95. The number of hydrogen-bond acceptors (Lipinski definition) is 2. The van der Waals surface area contributed by atoms with Gasteiger partial charge in [-0.2, -0.15) is 0 Å². The summed E-state index contributed by atoms with van der Waals surface area (Å²) >= 11 is 0. The summed E-state index contributed by atoms with van der Waals surface area (Å²) < 4.78 is 0. The molecule has 0 spiro atoms. The second kappa shape index (κ2) is 7.24. The van der Waals surface area contributed by atoms with Gasteiger partial charge in [-0.15, -0.1) is 0 Å². The second-order valence-corrected chi connectivity index (χ2v) is 4.69. The summed E-state index contributed by atoms with van der Waals surface area (Å²) in [6.07, 6.45) is 0.698. The summed E-state index contributed by atoms with van der Waals surface area (Å²) in [5, 5.41) is 5.41. The first-order valence-corrected chi connectivity index (χ1v) is 6.91. The minimum atomic E-state index is -0.328. The molecule has 0 aliphatic carbocycles. The van der Waals surface area contributed by atoms with Crippen LogP contribution in [-0.4, -0.2) is 11.8 Å². The van der Waals surface area contributed by atoms with Gasteiger partial charge in [0.15, 0.2) is 0 Å². The van der Waals surface area contributed by atoms with Gasteiger partial charge in [0, 0.05) is 11.4 Å². The van der Waals surface area contributed by atoms with Gasteiger partial charge in [0.05, 0.1) is 0 Å². The van der Waals surface area contributed by atoms with E-state index in [1.54, 1.807) is 12.1 Å². The lowest BCUT2D eigenvalue weighted by molar-refractivity contribution is -0.123. The molecule has 108 valence electrons. The average molecular weight is 282 g/mol. The number of para-hydroxylation sites is 1. The zero-order valence-electron chi connectivity index (χ0n) is 11.9. The van der Waals surface area contributed by atoms with Crippen LogP contribution in [-0.2, 0) is 16.0 Å². The Morgan fingerprint density at radius 2 is 1.48 bits per heavy atom. The molecule has 2 rings (SSSR count). The standard InChI is InChI=1S/C17H18N2O2/c1-2-13-7-6-10-15(11-13)19-17(21)12-16(20)18-14-8-4-3-5-9-14/h3-11H,2,12H2,1H3,(H,18,20)(H,19,21). The maximum absolute atomic E-state index is 11.8. The van der Waals surface area contributed by atoms with E-state index in [1.165, 1.54) is 0 Å². The van der Waals surface area contributed by atoms with Crippen molar-refractivity contribution in [2.24, 2.45) is 0 Å². The summed E-state index contributed by atoms with van der Waals surface area (Å²) in [6.45, 7) is 2.05. The van der Waals surface area contributed by atoms with Crippen LogP contribution in [0.2, 0.25) is 0 Å². The van der Waals surface area contributed by atoms with Gasteiger partial charge in [0.25, 0.3) is 0 Å². The lowest BCUT2D eigenvalue weighted by Crippen LogP contribution is -2.21. The number of rotatable bonds is 5. The molecule has 2 amide bonds. The topological polar surface area (TPSA) is 58.2 Å². The monoisotopic (exact) mass is 282 g/mol. The number of hydrogen-bond donors (Lipinski definition) is 2. The number of carbonyl (C=O) groups excluding carboxylic acids is 2. The van der Waals surface area contributed by atoms with Crippen LogP contribution in [0.15, 0.2) is 54.6 Å². The Balaban J connectivity index is 1.87. The van der Waals surface area contributed by atoms with E-state index in [2.05, 4.69) is 10.6 Å². The van der Waals surface area contributed by atoms with E-state index < -0.39 is 0 Å². The van der Waals surface area contributed by atoms with Gasteiger partial charge in [-0.25, -0.2) is 0 Å². The van der Waals surface area contributed by atoms with Crippen molar-refractivity contribution < 1.29 is 9.59 Å². The van der Waals surface area contributed by atoms with Crippen LogP contribution in [0.1, 0.15) is 18.9 Å². The molecule has 0 atom stereocenters. The van der Waals surface area contributed by atoms with Crippen molar-refractivity contribution in [3.8, 4) is 0 Å². The highest BCUT2D eigenvalue weighted by Crippen LogP contribution is 2.12. The molecule has 2 aromatic carbocycles. The van der Waals surface area contributed by atoms with Crippen molar-refractivity contribution in [3.63, 3.8) is 0 Å². The highest BCUT2D eigenvalue weighted by molar-refractivity contribution is 6.08. The third kappa shape index (κ3) is 4.76. The number of anilines is 2. The first-order chi connectivity index (χ1) is 10.2. The molecular formula is C17H18N2O2. The van der Waals surface area contributed by atoms with E-state index in [4.69, 9.17) is 0 Å². The van der Waals surface area contributed by atoms with Crippen molar-refractivity contribution in [1.29, 1.82) is 0 Å². The number of nitrogens with one attached hydrogen (secondary N) is 2. The van der Waals surface area contributed by atoms with Crippen LogP contribution < -0.4 is 10.6 Å². The van der Waals surface area contributed by atoms with Crippen molar-refractivity contribution in [1.82, 2.24) is 0 Å². The van der Waals surface area contributed by atoms with E-state index in [9.17, 15) is 9.59 Å². The Bertz CT molecular complexity index is 624. The maximum Gasteiger partial charge on any atom is 0.233 e. The minimum Gasteiger partial charge on any atom is -0.326 e. The van der Waals surface area contributed by atoms with Crippen LogP contribution in [0, 0.1) is 0 Å². The SMILES string of the molecule is CCc1cccc(NC(=O)CC(=O)Nc2ccccc2)c1. The molecule has 0 saturated carbocycles. The summed E-state index contributed by atoms with van der Waals surface area (Å²) in [4.78, 5) is 23.6. The first-order valence-electron chi connectivity index (χ1n) is 6.91. The molecule has 0 aliphatic heterocycles. The predicted octanol–water partition coefficient (Wildman–Crippen LogP) is 3.22. The van der Waals surface area contributed by atoms with Gasteiger partial charge in [-0.1, -0.05) is 37.3 Å². The van der Waals surface area contributed by atoms with Crippen molar-refractivity contribution in [3.05, 3.63) is 60.2 Å². The molecular weight excluding hydrogens is 264 g/mol. The molecule has 0 aliphatic rings. The first kappa shape index (κ1) is 14.8. The van der Waals surface area contributed by atoms with E-state index in [-0.39, 0.29) is 18.2 Å². The third-order valence-electron chi connectivity index (χ3n) is 3.00. The van der Waals surface area contributed by atoms with Gasteiger partial charge < -0.3 is 10.6 Å². The van der Waals surface area contributed by atoms with Gasteiger partial charge in [-0.05, 0) is 36.2 Å². The summed E-state index contributed by atoms with van der Waals surface area (Å²) in [5.74, 6) is -0.651. The van der Waals surface area contributed by atoms with E-state index in [0.717, 1.165) is 12.0 Å². The normalized spacial score (nSPS) is 9.95. The van der Waals surface area contributed by atoms with Gasteiger partial charge in [-0.3, -0.25) is 9.59 Å². The molecule has 21 heavy (non-hydrogen) atoms. The van der Waals surface area contributed by atoms with Crippen molar-refractivity contribution in [2.75, 3.05) is 10.6 Å². The smallest absolute Gasteiger partial charge is 0.233 e. The minimum absolute atomic E-state index is 0.203. The van der Waals surface area contributed by atoms with Crippen LogP contribution in [0.4, 0.5) is 11.4 Å². The van der Waals surface area contributed by atoms with Crippen LogP contribution >= 0.6 is 0 Å². The molecule has 0 unspecified atom stereocenters. The predicted molar refractivity (Wildman–Crippen MR) is 84.1 cm³/mol. The fourth-order valence-corrected chi connectivity index (χ4v) is 1.95. The fraction of sp³-hybridized carbons (Fsp3) is 0.176. The van der Waals surface area contributed by atoms with Crippen molar-refractivity contribution in [2.45, 2.75) is 19.8 Å². The zero-order valence-corrected chi connectivity index (χ0v) is 11.9. The highest BCUT2D eigenvalue weighted by Gasteiger charge is 2.10. The van der Waals surface area contributed by atoms with Crippen LogP contribution in [0.5, 0.6) is 0 Å². The van der Waals surface area contributed by atoms with Crippen molar-refractivity contribution >= 4 is 23.2 Å². The molecule has 2 aromatic rings. The lowest BCUT2D eigenvalue weighted by atomic mass is 10.1. The molecule has 0 fully saturated rings. The van der Waals surface area contributed by atoms with Gasteiger partial charge >= 0.3 is 0 Å². The number of benzene rings is 2. The largest absolute Gasteiger partial charge is 0.326 e. The second-order valence-electron chi connectivity index (χ2n) is 4.69. The maximum atomic E-state index is 11.8. The zero-order chi connectivity index (χ0) is 15.1. The molecule has 4 nitrogen and oxygen atoms in total. The summed E-state index contributed by atoms with van der Waals surface area (Å²) in [6, 6.07) is 16.7. The van der Waals surface area contributed by atoms with Gasteiger partial charge in [0.1, 0.15) is 6.42 Å². The Kier molecular flexibility index (Phi) is 5.10. The van der Waals surface area contributed by atoms with E-state index >= 15 is 0 Å². The Labute approximate surface area is 124 Å². The molecule has 0 radical (unpaired) electrons. The van der Waals surface area contributed by atoms with Gasteiger partial charge in [0.2, 0.25) is 11.8 Å². The molecule has 0 heterocycles. The molecule has 2 N–H and O–H groups in total. The summed E-state index contributed by atoms with van der Waals surface area (Å²) in [5.41, 5.74) is 2.54. The van der Waals surface area contributed by atoms with Crippen LogP contribution in [0.25, 0.3) is 0 Å². The quantitative estimate of drug-likeness (QED) is 0.827. The summed E-state index contributed by atoms with van der Waals surface area (Å²) in [7, 11) is 0. The van der Waals surface area contributed by atoms with E-state index in [1.807, 2.05) is 49.4 Å². The molecule has 0 bridgehead atoms. The molecule has 0 saturated heterocycles. The number of amides is 2. The Morgan fingerprint density at radius 1 is 0.857 bits per heavy atom. The third-order valence-corrected chi connectivity index (χ3v) is 3.00. The highest BCUT2D eigenvalue weighted by atomic mass is 16.2. The lowest BCUT2D eigenvalue weighted by Gasteiger charge is -2.07. The average Bonchev–Trinajstić information content (AvgIpc) is 2.48. The Morgan fingerprint density at radius 3 is 2.14 bits per heavy atom. The number of carbonyl (C=O) groups is 2. The van der Waals surface area contributed by atoms with Crippen LogP contribution in [0.3, 0.4) is 0 Å². The van der Waals surface area contributed by atoms with E-state index in [0.29, 0.717) is 11.4 Å².